The zero-order valence-corrected chi connectivity index (χ0v) is 14.7. The summed E-state index contributed by atoms with van der Waals surface area (Å²) >= 11 is 0. The molecule has 2 unspecified atom stereocenters. The van der Waals surface area contributed by atoms with E-state index in [-0.39, 0.29) is 17.3 Å². The molecule has 2 saturated carbocycles. The predicted octanol–water partition coefficient (Wildman–Crippen LogP) is 5.21. The molecule has 2 fully saturated rings. The van der Waals surface area contributed by atoms with E-state index in [0.29, 0.717) is 12.0 Å². The van der Waals surface area contributed by atoms with Gasteiger partial charge in [0.2, 0.25) is 0 Å². The summed E-state index contributed by atoms with van der Waals surface area (Å²) in [6, 6.07) is 0. The van der Waals surface area contributed by atoms with Crippen molar-refractivity contribution < 1.29 is 9.53 Å². The molecule has 0 bridgehead atoms. The summed E-state index contributed by atoms with van der Waals surface area (Å²) in [6.07, 6.45) is 8.71. The standard InChI is InChI=1S/C19H34O2/c1-14(16-7-6-10-18(2,3)12-16)11-19(4,5)13-21-17(20)15-8-9-15/h14-16H,6-13H2,1-5H3. The van der Waals surface area contributed by atoms with Crippen LogP contribution < -0.4 is 0 Å². The number of carbonyl (C=O) groups is 1. The quantitative estimate of drug-likeness (QED) is 0.629. The zero-order chi connectivity index (χ0) is 15.7. The van der Waals surface area contributed by atoms with E-state index in [9.17, 15) is 4.79 Å². The summed E-state index contributed by atoms with van der Waals surface area (Å²) < 4.78 is 5.52. The smallest absolute Gasteiger partial charge is 0.308 e. The van der Waals surface area contributed by atoms with Gasteiger partial charge in [0.15, 0.2) is 0 Å². The molecule has 2 atom stereocenters. The van der Waals surface area contributed by atoms with Crippen molar-refractivity contribution in [3.05, 3.63) is 0 Å². The monoisotopic (exact) mass is 294 g/mol. The Kier molecular flexibility index (Phi) is 5.05. The minimum atomic E-state index is 0.0366. The molecule has 122 valence electrons. The third-order valence-electron chi connectivity index (χ3n) is 5.44. The van der Waals surface area contributed by atoms with Crippen LogP contribution in [-0.2, 0) is 9.53 Å². The van der Waals surface area contributed by atoms with Crippen LogP contribution in [-0.4, -0.2) is 12.6 Å². The number of hydrogen-bond donors (Lipinski definition) is 0. The van der Waals surface area contributed by atoms with Gasteiger partial charge in [-0.05, 0) is 54.8 Å². The summed E-state index contributed by atoms with van der Waals surface area (Å²) in [5, 5.41) is 0. The molecular weight excluding hydrogens is 260 g/mol. The Morgan fingerprint density at radius 2 is 1.95 bits per heavy atom. The molecule has 0 aromatic rings. The Morgan fingerprint density at radius 3 is 2.52 bits per heavy atom. The normalized spacial score (nSPS) is 27.2. The highest BCUT2D eigenvalue weighted by Crippen LogP contribution is 2.44. The van der Waals surface area contributed by atoms with Gasteiger partial charge in [-0.25, -0.2) is 0 Å². The average Bonchev–Trinajstić information content (AvgIpc) is 3.18. The molecule has 0 N–H and O–H groups in total. The molecule has 0 aromatic heterocycles. The first-order valence-corrected chi connectivity index (χ1v) is 8.85. The van der Waals surface area contributed by atoms with Crippen LogP contribution in [0.25, 0.3) is 0 Å². The highest BCUT2D eigenvalue weighted by Gasteiger charge is 2.35. The zero-order valence-electron chi connectivity index (χ0n) is 14.7. The Labute approximate surface area is 131 Å². The summed E-state index contributed by atoms with van der Waals surface area (Å²) in [5.41, 5.74) is 0.616. The fourth-order valence-electron chi connectivity index (χ4n) is 4.04. The van der Waals surface area contributed by atoms with E-state index in [1.165, 1.54) is 25.7 Å². The molecule has 0 spiro atoms. The second kappa shape index (κ2) is 6.30. The van der Waals surface area contributed by atoms with Gasteiger partial charge in [-0.1, -0.05) is 47.5 Å². The van der Waals surface area contributed by atoms with Crippen LogP contribution in [0.3, 0.4) is 0 Å². The fourth-order valence-corrected chi connectivity index (χ4v) is 4.04. The molecule has 0 heterocycles. The van der Waals surface area contributed by atoms with Gasteiger partial charge in [0.05, 0.1) is 12.5 Å². The van der Waals surface area contributed by atoms with Crippen LogP contribution in [0, 0.1) is 28.6 Å². The number of ether oxygens (including phenoxy) is 1. The average molecular weight is 294 g/mol. The highest BCUT2D eigenvalue weighted by atomic mass is 16.5. The summed E-state index contributed by atoms with van der Waals surface area (Å²) in [7, 11) is 0. The van der Waals surface area contributed by atoms with Gasteiger partial charge < -0.3 is 4.74 Å². The third kappa shape index (κ3) is 5.30. The second-order valence-electron chi connectivity index (χ2n) is 9.25. The molecule has 2 rings (SSSR count). The van der Waals surface area contributed by atoms with Gasteiger partial charge in [0, 0.05) is 0 Å². The van der Waals surface area contributed by atoms with E-state index in [2.05, 4.69) is 34.6 Å². The van der Waals surface area contributed by atoms with E-state index in [1.54, 1.807) is 0 Å². The van der Waals surface area contributed by atoms with Gasteiger partial charge in [-0.3, -0.25) is 4.79 Å². The molecular formula is C19H34O2. The minimum absolute atomic E-state index is 0.0366. The minimum Gasteiger partial charge on any atom is -0.465 e. The number of carbonyl (C=O) groups excluding carboxylic acids is 1. The summed E-state index contributed by atoms with van der Waals surface area (Å²) in [4.78, 5) is 11.7. The maximum atomic E-state index is 11.7. The van der Waals surface area contributed by atoms with E-state index in [1.807, 2.05) is 0 Å². The lowest BCUT2D eigenvalue weighted by molar-refractivity contribution is -0.148. The van der Waals surface area contributed by atoms with Gasteiger partial charge >= 0.3 is 5.97 Å². The van der Waals surface area contributed by atoms with Crippen molar-refractivity contribution in [3.63, 3.8) is 0 Å². The topological polar surface area (TPSA) is 26.3 Å². The highest BCUT2D eigenvalue weighted by molar-refractivity contribution is 5.74. The Bertz CT molecular complexity index is 366. The molecule has 0 saturated heterocycles. The molecule has 2 aliphatic rings. The van der Waals surface area contributed by atoms with E-state index >= 15 is 0 Å². The Hall–Kier alpha value is -0.530. The van der Waals surface area contributed by atoms with Crippen LogP contribution >= 0.6 is 0 Å². The summed E-state index contributed by atoms with van der Waals surface area (Å²) in [5.74, 6) is 1.82. The lowest BCUT2D eigenvalue weighted by Crippen LogP contribution is -2.31. The van der Waals surface area contributed by atoms with Crippen LogP contribution in [0.5, 0.6) is 0 Å². The summed E-state index contributed by atoms with van der Waals surface area (Å²) in [6.45, 7) is 12.3. The van der Waals surface area contributed by atoms with Crippen LogP contribution in [0.4, 0.5) is 0 Å². The Balaban J connectivity index is 1.79. The maximum Gasteiger partial charge on any atom is 0.308 e. The lowest BCUT2D eigenvalue weighted by atomic mass is 9.66. The van der Waals surface area contributed by atoms with Crippen LogP contribution in [0.15, 0.2) is 0 Å². The molecule has 2 nitrogen and oxygen atoms in total. The first-order valence-electron chi connectivity index (χ1n) is 8.85. The first kappa shape index (κ1) is 16.8. The largest absolute Gasteiger partial charge is 0.465 e. The Morgan fingerprint density at radius 1 is 1.29 bits per heavy atom. The van der Waals surface area contributed by atoms with Crippen molar-refractivity contribution in [2.75, 3.05) is 6.61 Å². The van der Waals surface area contributed by atoms with Crippen molar-refractivity contribution in [1.82, 2.24) is 0 Å². The van der Waals surface area contributed by atoms with E-state index in [0.717, 1.165) is 31.1 Å². The van der Waals surface area contributed by atoms with Gasteiger partial charge in [-0.15, -0.1) is 0 Å². The third-order valence-corrected chi connectivity index (χ3v) is 5.44. The van der Waals surface area contributed by atoms with Crippen molar-refractivity contribution in [2.24, 2.45) is 28.6 Å². The molecule has 21 heavy (non-hydrogen) atoms. The molecule has 0 amide bonds. The van der Waals surface area contributed by atoms with E-state index < -0.39 is 0 Å². The molecule has 2 aliphatic carbocycles. The number of hydrogen-bond acceptors (Lipinski definition) is 2. The van der Waals surface area contributed by atoms with Crippen molar-refractivity contribution >= 4 is 5.97 Å². The van der Waals surface area contributed by atoms with Crippen molar-refractivity contribution in [1.29, 1.82) is 0 Å². The van der Waals surface area contributed by atoms with Crippen molar-refractivity contribution in [2.45, 2.75) is 79.6 Å². The molecule has 0 aliphatic heterocycles. The molecule has 0 aromatic carbocycles. The first-order chi connectivity index (χ1) is 9.69. The molecule has 0 radical (unpaired) electrons. The maximum absolute atomic E-state index is 11.7. The van der Waals surface area contributed by atoms with Crippen LogP contribution in [0.1, 0.15) is 79.6 Å². The second-order valence-corrected chi connectivity index (χ2v) is 9.25. The van der Waals surface area contributed by atoms with Gasteiger partial charge in [0.25, 0.3) is 0 Å². The van der Waals surface area contributed by atoms with Crippen LogP contribution in [0.2, 0.25) is 0 Å². The SMILES string of the molecule is CC(CC(C)(C)COC(=O)C1CC1)C1CCCC(C)(C)C1. The van der Waals surface area contributed by atoms with Gasteiger partial charge in [-0.2, -0.15) is 0 Å². The fraction of sp³-hybridized carbons (Fsp3) is 0.947. The number of esters is 1. The predicted molar refractivity (Wildman–Crippen MR) is 87.0 cm³/mol. The van der Waals surface area contributed by atoms with Crippen molar-refractivity contribution in [3.8, 4) is 0 Å². The van der Waals surface area contributed by atoms with E-state index in [4.69, 9.17) is 4.74 Å². The lowest BCUT2D eigenvalue weighted by Gasteiger charge is -2.40. The number of rotatable bonds is 6. The van der Waals surface area contributed by atoms with Gasteiger partial charge in [0.1, 0.15) is 0 Å². The molecule has 2 heteroatoms.